The number of piperazine rings is 1. The van der Waals surface area contributed by atoms with Crippen molar-refractivity contribution in [3.8, 4) is 5.95 Å². The molecule has 0 amide bonds. The lowest BCUT2D eigenvalue weighted by molar-refractivity contribution is 0.122. The summed E-state index contributed by atoms with van der Waals surface area (Å²) in [6.45, 7) is 4.33. The van der Waals surface area contributed by atoms with Crippen molar-refractivity contribution in [2.75, 3.05) is 49.2 Å². The van der Waals surface area contributed by atoms with Crippen molar-refractivity contribution >= 4 is 22.7 Å². The number of nitrogens with one attached hydrogen (secondary N) is 1. The number of morpholine rings is 1. The first-order valence-corrected chi connectivity index (χ1v) is 11.1. The van der Waals surface area contributed by atoms with Gasteiger partial charge in [0.05, 0.1) is 24.2 Å². The first-order valence-electron chi connectivity index (χ1n) is 11.1. The van der Waals surface area contributed by atoms with Crippen LogP contribution in [0.4, 0.5) is 20.4 Å². The summed E-state index contributed by atoms with van der Waals surface area (Å²) in [5.74, 6) is 1.40. The fourth-order valence-corrected chi connectivity index (χ4v) is 5.01. The van der Waals surface area contributed by atoms with Crippen molar-refractivity contribution in [2.45, 2.75) is 31.4 Å². The molecular weight excluding hydrogens is 416 g/mol. The molecule has 6 rings (SSSR count). The topological polar surface area (TPSA) is 71.3 Å². The Morgan fingerprint density at radius 1 is 0.938 bits per heavy atom. The second kappa shape index (κ2) is 7.93. The van der Waals surface area contributed by atoms with Gasteiger partial charge in [0.15, 0.2) is 5.82 Å². The van der Waals surface area contributed by atoms with Crippen LogP contribution in [0.1, 0.15) is 25.1 Å². The SMILES string of the molecule is FC(F)c1nc2ccccc2n1-c1nc(N2CCOCC2)cc(N2CC3CCC(C2)N3)n1. The summed E-state index contributed by atoms with van der Waals surface area (Å²) in [7, 11) is 0. The minimum Gasteiger partial charge on any atom is -0.378 e. The Bertz CT molecular complexity index is 1120. The summed E-state index contributed by atoms with van der Waals surface area (Å²) in [4.78, 5) is 18.1. The van der Waals surface area contributed by atoms with E-state index < -0.39 is 6.43 Å². The molecule has 168 valence electrons. The molecule has 0 radical (unpaired) electrons. The summed E-state index contributed by atoms with van der Waals surface area (Å²) in [6.07, 6.45) is -0.439. The van der Waals surface area contributed by atoms with Crippen molar-refractivity contribution in [1.82, 2.24) is 24.8 Å². The number of ether oxygens (including phenoxy) is 1. The van der Waals surface area contributed by atoms with E-state index >= 15 is 0 Å². The molecule has 2 aromatic heterocycles. The number of hydrogen-bond donors (Lipinski definition) is 1. The largest absolute Gasteiger partial charge is 0.378 e. The molecule has 0 aliphatic carbocycles. The summed E-state index contributed by atoms with van der Waals surface area (Å²) in [5.41, 5.74) is 1.08. The van der Waals surface area contributed by atoms with Gasteiger partial charge in [0.25, 0.3) is 6.43 Å². The third-order valence-corrected chi connectivity index (χ3v) is 6.54. The van der Waals surface area contributed by atoms with Crippen LogP contribution < -0.4 is 15.1 Å². The molecular formula is C22H25F2N7O. The fraction of sp³-hybridized carbons (Fsp3) is 0.500. The predicted molar refractivity (Wildman–Crippen MR) is 117 cm³/mol. The Hall–Kier alpha value is -2.85. The van der Waals surface area contributed by atoms with Crippen LogP contribution in [0.5, 0.6) is 0 Å². The van der Waals surface area contributed by atoms with Crippen LogP contribution in [-0.2, 0) is 4.74 Å². The summed E-state index contributed by atoms with van der Waals surface area (Å²) in [5, 5.41) is 3.63. The van der Waals surface area contributed by atoms with Crippen molar-refractivity contribution in [3.63, 3.8) is 0 Å². The summed E-state index contributed by atoms with van der Waals surface area (Å²) < 4.78 is 34.9. The fourth-order valence-electron chi connectivity index (χ4n) is 5.01. The summed E-state index contributed by atoms with van der Waals surface area (Å²) >= 11 is 0. The number of aromatic nitrogens is 4. The average Bonchev–Trinajstić information content (AvgIpc) is 3.39. The van der Waals surface area contributed by atoms with Gasteiger partial charge in [-0.25, -0.2) is 13.8 Å². The van der Waals surface area contributed by atoms with Crippen LogP contribution in [0.15, 0.2) is 30.3 Å². The predicted octanol–water partition coefficient (Wildman–Crippen LogP) is 2.53. The first-order chi connectivity index (χ1) is 15.7. The van der Waals surface area contributed by atoms with Crippen LogP contribution in [0, 0.1) is 0 Å². The number of imidazole rings is 1. The standard InChI is InChI=1S/C22H25F2N7O/c23-20(24)21-26-16-3-1-2-4-17(16)31(21)22-27-18(29-7-9-32-10-8-29)11-19(28-22)30-12-14-5-6-15(13-30)25-14/h1-4,11,14-15,20,25H,5-10,12-13H2. The van der Waals surface area contributed by atoms with Crippen molar-refractivity contribution in [1.29, 1.82) is 0 Å². The maximum Gasteiger partial charge on any atom is 0.296 e. The average molecular weight is 441 g/mol. The van der Waals surface area contributed by atoms with E-state index in [4.69, 9.17) is 14.7 Å². The van der Waals surface area contributed by atoms with Gasteiger partial charge in [-0.15, -0.1) is 0 Å². The Morgan fingerprint density at radius 3 is 2.34 bits per heavy atom. The van der Waals surface area contributed by atoms with Crippen LogP contribution in [-0.4, -0.2) is 71.0 Å². The number of para-hydroxylation sites is 2. The monoisotopic (exact) mass is 441 g/mol. The molecule has 10 heteroatoms. The second-order valence-corrected chi connectivity index (χ2v) is 8.62. The van der Waals surface area contributed by atoms with E-state index in [0.717, 1.165) is 37.6 Å². The zero-order valence-electron chi connectivity index (χ0n) is 17.6. The van der Waals surface area contributed by atoms with Crippen LogP contribution in [0.25, 0.3) is 17.0 Å². The van der Waals surface area contributed by atoms with Crippen LogP contribution in [0.2, 0.25) is 0 Å². The molecule has 1 N–H and O–H groups in total. The van der Waals surface area contributed by atoms with E-state index in [2.05, 4.69) is 20.1 Å². The molecule has 32 heavy (non-hydrogen) atoms. The Morgan fingerprint density at radius 2 is 1.62 bits per heavy atom. The van der Waals surface area contributed by atoms with Gasteiger partial charge in [0.2, 0.25) is 5.95 Å². The number of rotatable bonds is 4. The highest BCUT2D eigenvalue weighted by atomic mass is 19.3. The van der Waals surface area contributed by atoms with E-state index in [9.17, 15) is 8.78 Å². The number of alkyl halides is 2. The Labute approximate surface area is 184 Å². The lowest BCUT2D eigenvalue weighted by atomic mass is 10.2. The van der Waals surface area contributed by atoms with E-state index in [-0.39, 0.29) is 11.8 Å². The highest BCUT2D eigenvalue weighted by Crippen LogP contribution is 2.31. The molecule has 0 spiro atoms. The first kappa shape index (κ1) is 19.8. The van der Waals surface area contributed by atoms with E-state index in [1.807, 2.05) is 12.1 Å². The molecule has 5 heterocycles. The zero-order chi connectivity index (χ0) is 21.7. The van der Waals surface area contributed by atoms with Crippen molar-refractivity contribution < 1.29 is 13.5 Å². The molecule has 2 unspecified atom stereocenters. The van der Waals surface area contributed by atoms with Crippen LogP contribution in [0.3, 0.4) is 0 Å². The number of halogens is 2. The number of fused-ring (bicyclic) bond motifs is 3. The van der Waals surface area contributed by atoms with Crippen LogP contribution >= 0.6 is 0 Å². The lowest BCUT2D eigenvalue weighted by Gasteiger charge is -2.35. The Kier molecular flexibility index (Phi) is 4.91. The highest BCUT2D eigenvalue weighted by molar-refractivity contribution is 5.78. The molecule has 3 saturated heterocycles. The van der Waals surface area contributed by atoms with Gasteiger partial charge in [-0.3, -0.25) is 4.57 Å². The number of benzene rings is 1. The van der Waals surface area contributed by atoms with Gasteiger partial charge in [0.1, 0.15) is 11.6 Å². The molecule has 8 nitrogen and oxygen atoms in total. The van der Waals surface area contributed by atoms with Gasteiger partial charge >= 0.3 is 0 Å². The minimum absolute atomic E-state index is 0.235. The van der Waals surface area contributed by atoms with Crippen molar-refractivity contribution in [3.05, 3.63) is 36.2 Å². The van der Waals surface area contributed by atoms with E-state index in [1.165, 1.54) is 4.57 Å². The normalized spacial score (nSPS) is 23.5. The number of nitrogens with zero attached hydrogens (tertiary/aromatic N) is 6. The van der Waals surface area contributed by atoms with Gasteiger partial charge < -0.3 is 19.9 Å². The quantitative estimate of drug-likeness (QED) is 0.667. The van der Waals surface area contributed by atoms with Crippen molar-refractivity contribution in [2.24, 2.45) is 0 Å². The number of hydrogen-bond acceptors (Lipinski definition) is 7. The molecule has 0 saturated carbocycles. The minimum atomic E-state index is -2.74. The molecule has 1 aromatic carbocycles. The molecule has 3 aliphatic heterocycles. The van der Waals surface area contributed by atoms with Gasteiger partial charge in [-0.2, -0.15) is 9.97 Å². The van der Waals surface area contributed by atoms with Gasteiger partial charge in [-0.05, 0) is 25.0 Å². The summed E-state index contributed by atoms with van der Waals surface area (Å²) in [6, 6.07) is 9.98. The lowest BCUT2D eigenvalue weighted by Crippen LogP contribution is -2.51. The maximum atomic E-state index is 14.0. The third kappa shape index (κ3) is 3.47. The smallest absolute Gasteiger partial charge is 0.296 e. The molecule has 2 bridgehead atoms. The maximum absolute atomic E-state index is 14.0. The third-order valence-electron chi connectivity index (χ3n) is 6.54. The molecule has 3 aromatic rings. The second-order valence-electron chi connectivity index (χ2n) is 8.62. The van der Waals surface area contributed by atoms with E-state index in [1.54, 1.807) is 18.2 Å². The van der Waals surface area contributed by atoms with Gasteiger partial charge in [-0.1, -0.05) is 12.1 Å². The highest BCUT2D eigenvalue weighted by Gasteiger charge is 2.33. The Balaban J connectivity index is 1.50. The van der Waals surface area contributed by atoms with E-state index in [0.29, 0.717) is 49.4 Å². The van der Waals surface area contributed by atoms with Gasteiger partial charge in [0, 0.05) is 44.3 Å². The molecule has 3 fully saturated rings. The zero-order valence-corrected chi connectivity index (χ0v) is 17.6. The molecule has 2 atom stereocenters. The number of anilines is 2. The molecule has 3 aliphatic rings.